The van der Waals surface area contributed by atoms with Crippen molar-refractivity contribution in [1.29, 1.82) is 0 Å². The summed E-state index contributed by atoms with van der Waals surface area (Å²) in [6, 6.07) is 7.45. The third kappa shape index (κ3) is 3.57. The number of hydrogen-bond acceptors (Lipinski definition) is 3. The fourth-order valence-electron chi connectivity index (χ4n) is 3.00. The van der Waals surface area contributed by atoms with E-state index in [4.69, 9.17) is 4.74 Å². The van der Waals surface area contributed by atoms with E-state index in [1.807, 2.05) is 12.1 Å². The van der Waals surface area contributed by atoms with Crippen molar-refractivity contribution in [3.8, 4) is 0 Å². The first-order valence-corrected chi connectivity index (χ1v) is 7.43. The molecule has 0 aromatic heterocycles. The second kappa shape index (κ2) is 7.16. The lowest BCUT2D eigenvalue weighted by atomic mass is 10.0. The fourth-order valence-corrected chi connectivity index (χ4v) is 3.00. The van der Waals surface area contributed by atoms with Crippen LogP contribution in [0, 0.1) is 5.82 Å². The van der Waals surface area contributed by atoms with E-state index in [2.05, 4.69) is 31.1 Å². The molecule has 0 saturated carbocycles. The minimum atomic E-state index is -0.137. The Balaban J connectivity index is 2.07. The van der Waals surface area contributed by atoms with Gasteiger partial charge in [0.05, 0.1) is 6.10 Å². The van der Waals surface area contributed by atoms with Gasteiger partial charge < -0.3 is 10.1 Å². The zero-order valence-electron chi connectivity index (χ0n) is 12.6. The standard InChI is InChI=1S/C16H25FN2O/c1-4-18-15(13-7-5-6-8-14(13)17)11-19(3)16-9-10-20-12(16)2/h5-8,12,15-16,18H,4,9-11H2,1-3H3. The van der Waals surface area contributed by atoms with E-state index >= 15 is 0 Å². The zero-order valence-corrected chi connectivity index (χ0v) is 12.6. The van der Waals surface area contributed by atoms with Crippen molar-refractivity contribution in [3.05, 3.63) is 35.6 Å². The van der Waals surface area contributed by atoms with Crippen LogP contribution >= 0.6 is 0 Å². The molecule has 20 heavy (non-hydrogen) atoms. The van der Waals surface area contributed by atoms with Gasteiger partial charge in [-0.15, -0.1) is 0 Å². The molecule has 1 saturated heterocycles. The lowest BCUT2D eigenvalue weighted by molar-refractivity contribution is 0.0802. The lowest BCUT2D eigenvalue weighted by Gasteiger charge is -2.31. The Morgan fingerprint density at radius 2 is 2.20 bits per heavy atom. The molecule has 1 aromatic carbocycles. The van der Waals surface area contributed by atoms with E-state index in [1.54, 1.807) is 6.07 Å². The molecular weight excluding hydrogens is 255 g/mol. The van der Waals surface area contributed by atoms with Crippen LogP contribution in [-0.2, 0) is 4.74 Å². The van der Waals surface area contributed by atoms with Crippen molar-refractivity contribution in [2.24, 2.45) is 0 Å². The lowest BCUT2D eigenvalue weighted by Crippen LogP contribution is -2.42. The van der Waals surface area contributed by atoms with Crippen LogP contribution in [0.5, 0.6) is 0 Å². The van der Waals surface area contributed by atoms with Gasteiger partial charge in [-0.1, -0.05) is 25.1 Å². The van der Waals surface area contributed by atoms with E-state index in [-0.39, 0.29) is 18.0 Å². The number of hydrogen-bond donors (Lipinski definition) is 1. The predicted octanol–water partition coefficient (Wildman–Crippen LogP) is 2.59. The Morgan fingerprint density at radius 3 is 2.80 bits per heavy atom. The summed E-state index contributed by atoms with van der Waals surface area (Å²) in [5.41, 5.74) is 0.743. The highest BCUT2D eigenvalue weighted by molar-refractivity contribution is 5.21. The van der Waals surface area contributed by atoms with Gasteiger partial charge in [0, 0.05) is 30.8 Å². The smallest absolute Gasteiger partial charge is 0.128 e. The average molecular weight is 280 g/mol. The van der Waals surface area contributed by atoms with Gasteiger partial charge in [-0.3, -0.25) is 4.90 Å². The van der Waals surface area contributed by atoms with Crippen LogP contribution in [0.3, 0.4) is 0 Å². The van der Waals surface area contributed by atoms with Gasteiger partial charge in [0.2, 0.25) is 0 Å². The van der Waals surface area contributed by atoms with Crippen LogP contribution in [0.2, 0.25) is 0 Å². The number of nitrogens with zero attached hydrogens (tertiary/aromatic N) is 1. The molecule has 1 heterocycles. The summed E-state index contributed by atoms with van der Waals surface area (Å²) in [4.78, 5) is 2.29. The molecule has 1 N–H and O–H groups in total. The molecule has 0 amide bonds. The molecule has 1 aliphatic heterocycles. The van der Waals surface area contributed by atoms with Gasteiger partial charge in [0.15, 0.2) is 0 Å². The van der Waals surface area contributed by atoms with E-state index in [9.17, 15) is 4.39 Å². The van der Waals surface area contributed by atoms with Gasteiger partial charge in [0.1, 0.15) is 5.82 Å². The number of rotatable bonds is 6. The molecule has 3 atom stereocenters. The summed E-state index contributed by atoms with van der Waals surface area (Å²) < 4.78 is 19.6. The average Bonchev–Trinajstić information content (AvgIpc) is 2.85. The van der Waals surface area contributed by atoms with Crippen LogP contribution < -0.4 is 5.32 Å². The summed E-state index contributed by atoms with van der Waals surface area (Å²) in [6.45, 7) is 6.59. The molecule has 1 aliphatic rings. The van der Waals surface area contributed by atoms with Crippen molar-refractivity contribution in [1.82, 2.24) is 10.2 Å². The van der Waals surface area contributed by atoms with Crippen molar-refractivity contribution in [2.75, 3.05) is 26.7 Å². The van der Waals surface area contributed by atoms with Gasteiger partial charge in [0.25, 0.3) is 0 Å². The quantitative estimate of drug-likeness (QED) is 0.867. The van der Waals surface area contributed by atoms with Crippen LogP contribution in [0.1, 0.15) is 31.9 Å². The zero-order chi connectivity index (χ0) is 14.5. The maximum Gasteiger partial charge on any atom is 0.128 e. The molecule has 0 radical (unpaired) electrons. The Morgan fingerprint density at radius 1 is 1.45 bits per heavy atom. The van der Waals surface area contributed by atoms with Crippen LogP contribution in [-0.4, -0.2) is 43.8 Å². The summed E-state index contributed by atoms with van der Waals surface area (Å²) in [7, 11) is 2.10. The Hall–Kier alpha value is -0.970. The van der Waals surface area contributed by atoms with Gasteiger partial charge in [-0.2, -0.15) is 0 Å². The number of benzene rings is 1. The number of likely N-dealkylation sites (N-methyl/N-ethyl adjacent to an activating group) is 2. The van der Waals surface area contributed by atoms with Crippen molar-refractivity contribution < 1.29 is 9.13 Å². The summed E-state index contributed by atoms with van der Waals surface area (Å²) >= 11 is 0. The largest absolute Gasteiger partial charge is 0.377 e. The molecular formula is C16H25FN2O. The van der Waals surface area contributed by atoms with E-state index < -0.39 is 0 Å². The molecule has 4 heteroatoms. The minimum absolute atomic E-state index is 0.0130. The highest BCUT2D eigenvalue weighted by Crippen LogP contribution is 2.23. The van der Waals surface area contributed by atoms with Crippen LogP contribution in [0.25, 0.3) is 0 Å². The monoisotopic (exact) mass is 280 g/mol. The molecule has 3 nitrogen and oxygen atoms in total. The Bertz CT molecular complexity index is 427. The molecule has 0 bridgehead atoms. The first kappa shape index (κ1) is 15.4. The maximum atomic E-state index is 14.0. The van der Waals surface area contributed by atoms with Crippen LogP contribution in [0.4, 0.5) is 4.39 Å². The maximum absolute atomic E-state index is 14.0. The molecule has 0 aliphatic carbocycles. The topological polar surface area (TPSA) is 24.5 Å². The van der Waals surface area contributed by atoms with Gasteiger partial charge in [-0.25, -0.2) is 4.39 Å². The fraction of sp³-hybridized carbons (Fsp3) is 0.625. The summed E-state index contributed by atoms with van der Waals surface area (Å²) in [6.07, 6.45) is 1.30. The van der Waals surface area contributed by atoms with Crippen molar-refractivity contribution >= 4 is 0 Å². The predicted molar refractivity (Wildman–Crippen MR) is 79.3 cm³/mol. The number of halogens is 1. The van der Waals surface area contributed by atoms with Gasteiger partial charge in [-0.05, 0) is 33.0 Å². The molecule has 1 aromatic rings. The van der Waals surface area contributed by atoms with E-state index in [1.165, 1.54) is 6.07 Å². The molecule has 2 rings (SSSR count). The number of nitrogens with one attached hydrogen (secondary N) is 1. The minimum Gasteiger partial charge on any atom is -0.377 e. The number of ether oxygens (including phenoxy) is 1. The molecule has 112 valence electrons. The third-order valence-electron chi connectivity index (χ3n) is 4.10. The second-order valence-electron chi connectivity index (χ2n) is 5.50. The first-order valence-electron chi connectivity index (χ1n) is 7.43. The van der Waals surface area contributed by atoms with Crippen molar-refractivity contribution in [2.45, 2.75) is 38.5 Å². The SMILES string of the molecule is CCNC(CN(C)C1CCOC1C)c1ccccc1F. The highest BCUT2D eigenvalue weighted by atomic mass is 19.1. The Labute approximate surface area is 121 Å². The molecule has 3 unspecified atom stereocenters. The van der Waals surface area contributed by atoms with Crippen molar-refractivity contribution in [3.63, 3.8) is 0 Å². The second-order valence-corrected chi connectivity index (χ2v) is 5.50. The van der Waals surface area contributed by atoms with Gasteiger partial charge >= 0.3 is 0 Å². The normalized spacial score (nSPS) is 24.2. The molecule has 1 fully saturated rings. The molecule has 0 spiro atoms. The van der Waals surface area contributed by atoms with E-state index in [0.717, 1.165) is 31.7 Å². The first-order chi connectivity index (χ1) is 9.63. The summed E-state index contributed by atoms with van der Waals surface area (Å²) in [5.74, 6) is -0.137. The van der Waals surface area contributed by atoms with Crippen LogP contribution in [0.15, 0.2) is 24.3 Å². The third-order valence-corrected chi connectivity index (χ3v) is 4.10. The highest BCUT2D eigenvalue weighted by Gasteiger charge is 2.29. The summed E-state index contributed by atoms with van der Waals surface area (Å²) in [5, 5.41) is 3.39. The van der Waals surface area contributed by atoms with E-state index in [0.29, 0.717) is 6.04 Å². The Kier molecular flexibility index (Phi) is 5.52.